The topological polar surface area (TPSA) is 78.2 Å². The zero-order valence-corrected chi connectivity index (χ0v) is 17.4. The molecule has 1 aromatic carbocycles. The fraction of sp³-hybridized carbons (Fsp3) is 0.545. The summed E-state index contributed by atoms with van der Waals surface area (Å²) in [5.74, 6) is 0.506. The van der Waals surface area contributed by atoms with Crippen molar-refractivity contribution >= 4 is 16.9 Å². The number of esters is 1. The van der Waals surface area contributed by atoms with Crippen LogP contribution in [0, 0.1) is 6.92 Å². The van der Waals surface area contributed by atoms with Crippen molar-refractivity contribution in [1.82, 2.24) is 4.90 Å². The smallest absolute Gasteiger partial charge is 0.336 e. The number of fused-ring (bicyclic) bond motifs is 3. The van der Waals surface area contributed by atoms with E-state index in [4.69, 9.17) is 18.6 Å². The van der Waals surface area contributed by atoms with Crippen LogP contribution in [0.2, 0.25) is 0 Å². The largest absolute Gasteiger partial charge is 0.477 e. The van der Waals surface area contributed by atoms with Crippen molar-refractivity contribution in [1.29, 1.82) is 0 Å². The predicted octanol–water partition coefficient (Wildman–Crippen LogP) is 3.18. The molecule has 7 nitrogen and oxygen atoms in total. The maximum absolute atomic E-state index is 12.0. The van der Waals surface area contributed by atoms with Crippen LogP contribution in [0.3, 0.4) is 0 Å². The minimum Gasteiger partial charge on any atom is -0.477 e. The Bertz CT molecular complexity index is 920. The Morgan fingerprint density at radius 3 is 2.86 bits per heavy atom. The van der Waals surface area contributed by atoms with Crippen LogP contribution >= 0.6 is 0 Å². The third-order valence-corrected chi connectivity index (χ3v) is 5.03. The van der Waals surface area contributed by atoms with Crippen molar-refractivity contribution in [3.05, 3.63) is 39.2 Å². The third-order valence-electron chi connectivity index (χ3n) is 5.03. The summed E-state index contributed by atoms with van der Waals surface area (Å²) in [7, 11) is 1.69. The van der Waals surface area contributed by atoms with E-state index in [0.29, 0.717) is 38.5 Å². The molecule has 0 unspecified atom stereocenters. The summed E-state index contributed by atoms with van der Waals surface area (Å²) in [4.78, 5) is 26.1. The molecule has 29 heavy (non-hydrogen) atoms. The molecule has 0 saturated carbocycles. The van der Waals surface area contributed by atoms with Gasteiger partial charge in [0.2, 0.25) is 0 Å². The van der Waals surface area contributed by atoms with E-state index in [0.717, 1.165) is 47.2 Å². The van der Waals surface area contributed by atoms with Gasteiger partial charge in [-0.3, -0.25) is 9.69 Å². The normalized spacial score (nSPS) is 13.9. The van der Waals surface area contributed by atoms with Gasteiger partial charge in [-0.05, 0) is 43.4 Å². The Morgan fingerprint density at radius 1 is 1.28 bits per heavy atom. The first-order valence-electron chi connectivity index (χ1n) is 10.1. The molecule has 0 radical (unpaired) electrons. The summed E-state index contributed by atoms with van der Waals surface area (Å²) in [6.07, 6.45) is 2.49. The maximum Gasteiger partial charge on any atom is 0.336 e. The minimum absolute atomic E-state index is 0.214. The number of methoxy groups -OCH3 is 1. The molecular formula is C22H29NO6. The second kappa shape index (κ2) is 9.89. The van der Waals surface area contributed by atoms with Gasteiger partial charge in [0.05, 0.1) is 12.2 Å². The van der Waals surface area contributed by atoms with Crippen LogP contribution in [0.5, 0.6) is 5.75 Å². The third kappa shape index (κ3) is 5.16. The maximum atomic E-state index is 12.0. The van der Waals surface area contributed by atoms with Gasteiger partial charge in [0.1, 0.15) is 18.1 Å². The zero-order chi connectivity index (χ0) is 20.8. The van der Waals surface area contributed by atoms with E-state index in [-0.39, 0.29) is 18.0 Å². The molecule has 3 rings (SSSR count). The number of hydrogen-bond acceptors (Lipinski definition) is 7. The highest BCUT2D eigenvalue weighted by Gasteiger charge is 2.25. The van der Waals surface area contributed by atoms with Crippen LogP contribution in [0.1, 0.15) is 42.9 Å². The molecule has 0 saturated heterocycles. The van der Waals surface area contributed by atoms with E-state index in [1.54, 1.807) is 7.11 Å². The van der Waals surface area contributed by atoms with Gasteiger partial charge in [-0.25, -0.2) is 4.79 Å². The Balaban J connectivity index is 1.92. The SMILES string of the molecule is CCCOC(=O)CCc1cc2c(C)cc(=O)oc2c2c1OCN(CCCOC)C2. The van der Waals surface area contributed by atoms with Crippen molar-refractivity contribution < 1.29 is 23.4 Å². The molecule has 0 fully saturated rings. The monoisotopic (exact) mass is 403 g/mol. The number of aryl methyl sites for hydroxylation is 2. The highest BCUT2D eigenvalue weighted by Crippen LogP contribution is 2.37. The average molecular weight is 403 g/mol. The summed E-state index contributed by atoms with van der Waals surface area (Å²) >= 11 is 0. The van der Waals surface area contributed by atoms with E-state index in [1.165, 1.54) is 6.07 Å². The molecule has 0 aliphatic carbocycles. The second-order valence-corrected chi connectivity index (χ2v) is 7.36. The van der Waals surface area contributed by atoms with Crippen molar-refractivity contribution in [2.75, 3.05) is 33.6 Å². The van der Waals surface area contributed by atoms with Crippen LogP contribution in [0.15, 0.2) is 21.3 Å². The van der Waals surface area contributed by atoms with E-state index in [2.05, 4.69) is 4.90 Å². The molecule has 1 aliphatic rings. The lowest BCUT2D eigenvalue weighted by molar-refractivity contribution is -0.143. The van der Waals surface area contributed by atoms with Crippen molar-refractivity contribution in [2.45, 2.75) is 46.1 Å². The van der Waals surface area contributed by atoms with Gasteiger partial charge in [-0.1, -0.05) is 6.92 Å². The van der Waals surface area contributed by atoms with E-state index in [9.17, 15) is 9.59 Å². The van der Waals surface area contributed by atoms with Crippen molar-refractivity contribution in [3.8, 4) is 5.75 Å². The van der Waals surface area contributed by atoms with Gasteiger partial charge in [0.15, 0.2) is 0 Å². The van der Waals surface area contributed by atoms with Crippen LogP contribution in [-0.2, 0) is 27.2 Å². The van der Waals surface area contributed by atoms with Gasteiger partial charge in [0, 0.05) is 44.7 Å². The Morgan fingerprint density at radius 2 is 2.10 bits per heavy atom. The lowest BCUT2D eigenvalue weighted by Crippen LogP contribution is -2.34. The van der Waals surface area contributed by atoms with Crippen LogP contribution in [0.25, 0.3) is 11.0 Å². The highest BCUT2D eigenvalue weighted by atomic mass is 16.5. The number of rotatable bonds is 9. The Labute approximate surface area is 170 Å². The first kappa shape index (κ1) is 21.3. The number of benzene rings is 1. The fourth-order valence-electron chi connectivity index (χ4n) is 3.59. The number of ether oxygens (including phenoxy) is 3. The molecule has 0 bridgehead atoms. The Kier molecular flexibility index (Phi) is 7.28. The van der Waals surface area contributed by atoms with Gasteiger partial charge in [-0.15, -0.1) is 0 Å². The summed E-state index contributed by atoms with van der Waals surface area (Å²) in [6, 6.07) is 3.47. The molecule has 1 aliphatic heterocycles. The molecule has 2 heterocycles. The molecule has 1 aromatic heterocycles. The number of carbonyl (C=O) groups excluding carboxylic acids is 1. The molecule has 2 aromatic rings. The van der Waals surface area contributed by atoms with Gasteiger partial charge < -0.3 is 18.6 Å². The fourth-order valence-corrected chi connectivity index (χ4v) is 3.59. The minimum atomic E-state index is -0.371. The van der Waals surface area contributed by atoms with Crippen LogP contribution < -0.4 is 10.4 Å². The van der Waals surface area contributed by atoms with E-state index >= 15 is 0 Å². The molecule has 0 N–H and O–H groups in total. The molecule has 7 heteroatoms. The second-order valence-electron chi connectivity index (χ2n) is 7.36. The van der Waals surface area contributed by atoms with Crippen molar-refractivity contribution in [2.24, 2.45) is 0 Å². The van der Waals surface area contributed by atoms with Crippen LogP contribution in [0.4, 0.5) is 0 Å². The lowest BCUT2D eigenvalue weighted by Gasteiger charge is -2.30. The van der Waals surface area contributed by atoms with Crippen LogP contribution in [-0.4, -0.2) is 44.5 Å². The summed E-state index contributed by atoms with van der Waals surface area (Å²) in [5.41, 5.74) is 2.85. The first-order valence-corrected chi connectivity index (χ1v) is 10.1. The first-order chi connectivity index (χ1) is 14.0. The number of nitrogens with zero attached hydrogens (tertiary/aromatic N) is 1. The predicted molar refractivity (Wildman–Crippen MR) is 109 cm³/mol. The molecule has 0 amide bonds. The molecule has 0 spiro atoms. The number of hydrogen-bond donors (Lipinski definition) is 0. The van der Waals surface area contributed by atoms with Gasteiger partial charge in [0.25, 0.3) is 0 Å². The van der Waals surface area contributed by atoms with E-state index in [1.807, 2.05) is 19.9 Å². The van der Waals surface area contributed by atoms with Gasteiger partial charge in [-0.2, -0.15) is 0 Å². The summed E-state index contributed by atoms with van der Waals surface area (Å²) in [6.45, 7) is 6.87. The van der Waals surface area contributed by atoms with E-state index < -0.39 is 0 Å². The number of carbonyl (C=O) groups is 1. The summed E-state index contributed by atoms with van der Waals surface area (Å²) < 4.78 is 22.0. The highest BCUT2D eigenvalue weighted by molar-refractivity contribution is 5.86. The Hall–Kier alpha value is -2.38. The zero-order valence-electron chi connectivity index (χ0n) is 17.4. The lowest BCUT2D eigenvalue weighted by atomic mass is 9.97. The van der Waals surface area contributed by atoms with Gasteiger partial charge >= 0.3 is 11.6 Å². The average Bonchev–Trinajstić information content (AvgIpc) is 2.71. The van der Waals surface area contributed by atoms with Crippen molar-refractivity contribution in [3.63, 3.8) is 0 Å². The quantitative estimate of drug-likeness (QED) is 0.361. The molecular weight excluding hydrogens is 374 g/mol. The molecule has 0 atom stereocenters. The standard InChI is InChI=1S/C22H29NO6/c1-4-9-27-19(24)7-6-16-12-17-15(2)11-20(25)29-22(17)18-13-23(8-5-10-26-3)14-28-21(16)18/h11-12H,4-10,13-14H2,1-3H3. The summed E-state index contributed by atoms with van der Waals surface area (Å²) in [5, 5.41) is 0.877. The molecule has 158 valence electrons.